The number of aliphatic hydroxyl groups excluding tert-OH is 1. The van der Waals surface area contributed by atoms with Crippen molar-refractivity contribution in [1.82, 2.24) is 9.80 Å². The summed E-state index contributed by atoms with van der Waals surface area (Å²) in [5.41, 5.74) is 2.10. The predicted molar refractivity (Wildman–Crippen MR) is 137 cm³/mol. The van der Waals surface area contributed by atoms with Crippen LogP contribution in [0.1, 0.15) is 49.9 Å². The molecule has 7 nitrogen and oxygen atoms in total. The Labute approximate surface area is 207 Å². The largest absolute Gasteiger partial charge is 0.507 e. The smallest absolute Gasteiger partial charge is 0.295 e. The summed E-state index contributed by atoms with van der Waals surface area (Å²) in [4.78, 5) is 29.8. The van der Waals surface area contributed by atoms with Crippen molar-refractivity contribution in [2.45, 2.75) is 46.3 Å². The molecule has 0 saturated carbocycles. The van der Waals surface area contributed by atoms with E-state index in [4.69, 9.17) is 9.47 Å². The van der Waals surface area contributed by atoms with Crippen LogP contribution in [0.5, 0.6) is 11.5 Å². The van der Waals surface area contributed by atoms with E-state index in [0.717, 1.165) is 17.7 Å². The fourth-order valence-corrected chi connectivity index (χ4v) is 4.12. The maximum atomic E-state index is 13.2. The number of aliphatic hydroxyl groups is 1. The minimum absolute atomic E-state index is 0.0261. The lowest BCUT2D eigenvalue weighted by Gasteiger charge is -2.27. The van der Waals surface area contributed by atoms with Gasteiger partial charge in [-0.15, -0.1) is 0 Å². The molecule has 35 heavy (non-hydrogen) atoms. The summed E-state index contributed by atoms with van der Waals surface area (Å²) < 4.78 is 11.6. The highest BCUT2D eigenvalue weighted by atomic mass is 16.5. The molecule has 0 radical (unpaired) electrons. The molecule has 1 heterocycles. The molecule has 3 rings (SSSR count). The van der Waals surface area contributed by atoms with Gasteiger partial charge in [0.2, 0.25) is 0 Å². The van der Waals surface area contributed by atoms with Crippen LogP contribution < -0.4 is 9.47 Å². The normalized spacial score (nSPS) is 17.5. The topological polar surface area (TPSA) is 79.3 Å². The number of carbonyl (C=O) groups excluding carboxylic acids is 2. The number of benzene rings is 2. The molecule has 1 unspecified atom stereocenters. The van der Waals surface area contributed by atoms with Crippen LogP contribution in [0.3, 0.4) is 0 Å². The molecule has 1 saturated heterocycles. The predicted octanol–water partition coefficient (Wildman–Crippen LogP) is 4.55. The van der Waals surface area contributed by atoms with Gasteiger partial charge < -0.3 is 24.4 Å². The lowest BCUT2D eigenvalue weighted by atomic mass is 9.94. The van der Waals surface area contributed by atoms with E-state index in [9.17, 15) is 14.7 Å². The van der Waals surface area contributed by atoms with E-state index in [0.29, 0.717) is 36.6 Å². The maximum Gasteiger partial charge on any atom is 0.295 e. The van der Waals surface area contributed by atoms with Gasteiger partial charge in [-0.1, -0.05) is 19.1 Å². The third kappa shape index (κ3) is 6.03. The number of likely N-dealkylation sites (tertiary alicyclic amines) is 1. The summed E-state index contributed by atoms with van der Waals surface area (Å²) in [5, 5.41) is 11.3. The quantitative estimate of drug-likeness (QED) is 0.305. The van der Waals surface area contributed by atoms with Gasteiger partial charge in [-0.2, -0.15) is 0 Å². The second-order valence-corrected chi connectivity index (χ2v) is 9.36. The van der Waals surface area contributed by atoms with Crippen LogP contribution in [-0.2, 0) is 9.59 Å². The second kappa shape index (κ2) is 11.4. The highest BCUT2D eigenvalue weighted by Crippen LogP contribution is 2.40. The summed E-state index contributed by atoms with van der Waals surface area (Å²) in [6, 6.07) is 11.9. The molecule has 1 aliphatic rings. The van der Waals surface area contributed by atoms with E-state index < -0.39 is 17.7 Å². The van der Waals surface area contributed by atoms with Gasteiger partial charge in [0, 0.05) is 18.7 Å². The molecule has 1 amide bonds. The molecular formula is C28H36N2O5. The second-order valence-electron chi connectivity index (χ2n) is 9.36. The van der Waals surface area contributed by atoms with Crippen molar-refractivity contribution in [2.24, 2.45) is 0 Å². The monoisotopic (exact) mass is 480 g/mol. The minimum Gasteiger partial charge on any atom is -0.507 e. The first-order valence-corrected chi connectivity index (χ1v) is 12.1. The zero-order valence-electron chi connectivity index (χ0n) is 21.5. The Bertz CT molecular complexity index is 1110. The van der Waals surface area contributed by atoms with Crippen LogP contribution in [0.2, 0.25) is 0 Å². The number of ketones is 1. The minimum atomic E-state index is -0.720. The van der Waals surface area contributed by atoms with Crippen LogP contribution in [0, 0.1) is 6.92 Å². The lowest BCUT2D eigenvalue weighted by Crippen LogP contribution is -2.35. The van der Waals surface area contributed by atoms with Gasteiger partial charge in [0.1, 0.15) is 17.3 Å². The lowest BCUT2D eigenvalue weighted by molar-refractivity contribution is -0.140. The molecule has 1 atom stereocenters. The van der Waals surface area contributed by atoms with Gasteiger partial charge in [-0.25, -0.2) is 0 Å². The number of rotatable bonds is 10. The standard InChI is InChI=1S/C28H36N2O5/c1-7-15-34-23-12-11-21(16-19(23)4)26(31)24-25(20-9-8-10-22(17-20)35-18(2)3)30(14-13-29(5)6)28(33)27(24)32/h8-12,16-18,25,31H,7,13-15H2,1-6H3/b26-24+. The molecule has 1 N–H and O–H groups in total. The summed E-state index contributed by atoms with van der Waals surface area (Å²) in [6.07, 6.45) is 0.860. The fraction of sp³-hybridized carbons (Fsp3) is 0.429. The number of carbonyl (C=O) groups is 2. The van der Waals surface area contributed by atoms with E-state index >= 15 is 0 Å². The van der Waals surface area contributed by atoms with Crippen molar-refractivity contribution in [3.05, 3.63) is 64.7 Å². The van der Waals surface area contributed by atoms with Crippen LogP contribution >= 0.6 is 0 Å². The number of hydrogen-bond donors (Lipinski definition) is 1. The number of nitrogens with zero attached hydrogens (tertiary/aromatic N) is 2. The Hall–Kier alpha value is -3.32. The summed E-state index contributed by atoms with van der Waals surface area (Å²) in [6.45, 7) is 9.31. The number of likely N-dealkylation sites (N-methyl/N-ethyl adjacent to an activating group) is 1. The summed E-state index contributed by atoms with van der Waals surface area (Å²) in [7, 11) is 3.82. The summed E-state index contributed by atoms with van der Waals surface area (Å²) in [5.74, 6) is -0.131. The number of ether oxygens (including phenoxy) is 2. The van der Waals surface area contributed by atoms with Crippen molar-refractivity contribution >= 4 is 17.4 Å². The van der Waals surface area contributed by atoms with E-state index in [1.165, 1.54) is 4.90 Å². The molecule has 0 aliphatic carbocycles. The van der Waals surface area contributed by atoms with Gasteiger partial charge in [0.25, 0.3) is 11.7 Å². The number of aryl methyl sites for hydroxylation is 1. The Morgan fingerprint density at radius 3 is 2.51 bits per heavy atom. The third-order valence-electron chi connectivity index (χ3n) is 5.78. The van der Waals surface area contributed by atoms with Crippen molar-refractivity contribution < 1.29 is 24.2 Å². The fourth-order valence-electron chi connectivity index (χ4n) is 4.12. The highest BCUT2D eigenvalue weighted by Gasteiger charge is 2.46. The highest BCUT2D eigenvalue weighted by molar-refractivity contribution is 6.46. The first kappa shape index (κ1) is 26.3. The number of hydrogen-bond acceptors (Lipinski definition) is 6. The van der Waals surface area contributed by atoms with Gasteiger partial charge in [-0.3, -0.25) is 9.59 Å². The average molecular weight is 481 g/mol. The molecule has 2 aromatic carbocycles. The third-order valence-corrected chi connectivity index (χ3v) is 5.78. The molecule has 7 heteroatoms. The Balaban J connectivity index is 2.11. The molecular weight excluding hydrogens is 444 g/mol. The van der Waals surface area contributed by atoms with Crippen molar-refractivity contribution in [3.8, 4) is 11.5 Å². The van der Waals surface area contributed by atoms with Crippen molar-refractivity contribution in [1.29, 1.82) is 0 Å². The van der Waals surface area contributed by atoms with E-state index in [1.807, 2.05) is 71.0 Å². The van der Waals surface area contributed by atoms with Gasteiger partial charge >= 0.3 is 0 Å². The molecule has 188 valence electrons. The Morgan fingerprint density at radius 1 is 1.14 bits per heavy atom. The first-order chi connectivity index (χ1) is 16.6. The molecule has 0 aromatic heterocycles. The first-order valence-electron chi connectivity index (χ1n) is 12.1. The molecule has 1 fully saturated rings. The zero-order valence-corrected chi connectivity index (χ0v) is 21.5. The Morgan fingerprint density at radius 2 is 1.89 bits per heavy atom. The van der Waals surface area contributed by atoms with E-state index in [2.05, 4.69) is 0 Å². The molecule has 1 aliphatic heterocycles. The average Bonchev–Trinajstić information content (AvgIpc) is 3.06. The van der Waals surface area contributed by atoms with Crippen LogP contribution in [0.4, 0.5) is 0 Å². The van der Waals surface area contributed by atoms with E-state index in [-0.39, 0.29) is 17.4 Å². The summed E-state index contributed by atoms with van der Waals surface area (Å²) >= 11 is 0. The van der Waals surface area contributed by atoms with Crippen LogP contribution in [-0.4, -0.2) is 66.5 Å². The van der Waals surface area contributed by atoms with Crippen LogP contribution in [0.15, 0.2) is 48.0 Å². The van der Waals surface area contributed by atoms with Crippen molar-refractivity contribution in [3.63, 3.8) is 0 Å². The zero-order chi connectivity index (χ0) is 25.7. The van der Waals surface area contributed by atoms with Gasteiger partial charge in [0.05, 0.1) is 24.3 Å². The maximum absolute atomic E-state index is 13.2. The number of Topliss-reactive ketones (excluding diaryl/α,β-unsaturated/α-hetero) is 1. The SMILES string of the molecule is CCCOc1ccc(/C(O)=C2\C(=O)C(=O)N(CCN(C)C)C2c2cccc(OC(C)C)c2)cc1C. The molecule has 2 aromatic rings. The van der Waals surface area contributed by atoms with Crippen LogP contribution in [0.25, 0.3) is 5.76 Å². The van der Waals surface area contributed by atoms with Gasteiger partial charge in [-0.05, 0) is 82.7 Å². The number of amides is 1. The molecule has 0 spiro atoms. The Kier molecular flexibility index (Phi) is 8.57. The van der Waals surface area contributed by atoms with Crippen molar-refractivity contribution in [2.75, 3.05) is 33.8 Å². The van der Waals surface area contributed by atoms with E-state index in [1.54, 1.807) is 18.2 Å². The van der Waals surface area contributed by atoms with Gasteiger partial charge in [0.15, 0.2) is 0 Å². The molecule has 0 bridgehead atoms.